The highest BCUT2D eigenvalue weighted by Gasteiger charge is 2.40. The summed E-state index contributed by atoms with van der Waals surface area (Å²) in [6.07, 6.45) is 0. The fourth-order valence-electron chi connectivity index (χ4n) is 2.92. The van der Waals surface area contributed by atoms with E-state index in [9.17, 15) is 19.8 Å². The largest absolute Gasteiger partial charge is 0.509 e. The van der Waals surface area contributed by atoms with E-state index < -0.39 is 11.1 Å². The minimum atomic E-state index is -0.801. The molecule has 8 heteroatoms. The van der Waals surface area contributed by atoms with Crippen LogP contribution in [0.15, 0.2) is 32.6 Å². The van der Waals surface area contributed by atoms with Crippen LogP contribution in [0.25, 0.3) is 0 Å². The second-order valence-electron chi connectivity index (χ2n) is 7.54. The van der Waals surface area contributed by atoms with Gasteiger partial charge in [0, 0.05) is 11.4 Å². The van der Waals surface area contributed by atoms with E-state index >= 15 is 0 Å². The molecule has 0 radical (unpaired) electrons. The van der Waals surface area contributed by atoms with Crippen LogP contribution in [-0.4, -0.2) is 57.6 Å². The molecule has 0 saturated carbocycles. The third kappa shape index (κ3) is 3.49. The first-order chi connectivity index (χ1) is 11.9. The van der Waals surface area contributed by atoms with Crippen molar-refractivity contribution in [1.82, 2.24) is 10.6 Å². The Morgan fingerprint density at radius 2 is 1.12 bits per heavy atom. The SMILES string of the molecule is CC(=NCCN=C(C)C1=C(O)C(C)(C)NC1=O)C1=C(O)C(C)(C)NC1=O. The van der Waals surface area contributed by atoms with Crippen LogP contribution in [0.2, 0.25) is 0 Å². The molecule has 2 aliphatic rings. The molecule has 0 fully saturated rings. The molecule has 0 aromatic carbocycles. The van der Waals surface area contributed by atoms with Crippen molar-refractivity contribution in [1.29, 1.82) is 0 Å². The predicted molar refractivity (Wildman–Crippen MR) is 99.7 cm³/mol. The van der Waals surface area contributed by atoms with Crippen molar-refractivity contribution in [3.63, 3.8) is 0 Å². The van der Waals surface area contributed by atoms with E-state index in [0.717, 1.165) is 0 Å². The van der Waals surface area contributed by atoms with Crippen molar-refractivity contribution in [2.45, 2.75) is 52.6 Å². The molecule has 0 spiro atoms. The van der Waals surface area contributed by atoms with E-state index in [1.165, 1.54) is 0 Å². The fraction of sp³-hybridized carbons (Fsp3) is 0.556. The third-order valence-corrected chi connectivity index (χ3v) is 4.49. The van der Waals surface area contributed by atoms with Gasteiger partial charge in [0.25, 0.3) is 11.8 Å². The normalized spacial score (nSPS) is 22.8. The number of aliphatic imine (C=N–C) groups is 2. The zero-order valence-electron chi connectivity index (χ0n) is 16.0. The lowest BCUT2D eigenvalue weighted by atomic mass is 10.0. The molecule has 2 amide bonds. The fourth-order valence-corrected chi connectivity index (χ4v) is 2.92. The second-order valence-corrected chi connectivity index (χ2v) is 7.54. The quantitative estimate of drug-likeness (QED) is 0.435. The molecule has 26 heavy (non-hydrogen) atoms. The highest BCUT2D eigenvalue weighted by molar-refractivity contribution is 6.23. The van der Waals surface area contributed by atoms with Gasteiger partial charge in [-0.15, -0.1) is 0 Å². The summed E-state index contributed by atoms with van der Waals surface area (Å²) < 4.78 is 0. The van der Waals surface area contributed by atoms with E-state index in [0.29, 0.717) is 11.4 Å². The third-order valence-electron chi connectivity index (χ3n) is 4.49. The lowest BCUT2D eigenvalue weighted by molar-refractivity contribution is -0.118. The number of carbonyl (C=O) groups is 2. The molecule has 2 aliphatic heterocycles. The second kappa shape index (κ2) is 6.59. The number of rotatable bonds is 5. The molecule has 0 saturated heterocycles. The highest BCUT2D eigenvalue weighted by atomic mass is 16.3. The van der Waals surface area contributed by atoms with Gasteiger partial charge in [-0.3, -0.25) is 19.6 Å². The maximum atomic E-state index is 12.0. The van der Waals surface area contributed by atoms with E-state index in [-0.39, 0.29) is 47.6 Å². The van der Waals surface area contributed by atoms with E-state index in [1.807, 2.05) is 0 Å². The van der Waals surface area contributed by atoms with Crippen LogP contribution in [0.3, 0.4) is 0 Å². The first-order valence-corrected chi connectivity index (χ1v) is 8.44. The summed E-state index contributed by atoms with van der Waals surface area (Å²) in [6.45, 7) is 10.7. The smallest absolute Gasteiger partial charge is 0.257 e. The van der Waals surface area contributed by atoms with Crippen molar-refractivity contribution >= 4 is 23.2 Å². The molecule has 2 heterocycles. The number of hydrogen-bond donors (Lipinski definition) is 4. The summed E-state index contributed by atoms with van der Waals surface area (Å²) in [5, 5.41) is 25.7. The summed E-state index contributed by atoms with van der Waals surface area (Å²) in [6, 6.07) is 0. The monoisotopic (exact) mass is 362 g/mol. The van der Waals surface area contributed by atoms with Gasteiger partial charge >= 0.3 is 0 Å². The Morgan fingerprint density at radius 1 is 0.808 bits per heavy atom. The lowest BCUT2D eigenvalue weighted by Gasteiger charge is -2.17. The Balaban J connectivity index is 2.08. The summed E-state index contributed by atoms with van der Waals surface area (Å²) in [7, 11) is 0. The number of amides is 2. The summed E-state index contributed by atoms with van der Waals surface area (Å²) in [5.74, 6) is -0.756. The molecule has 0 bridgehead atoms. The van der Waals surface area contributed by atoms with Gasteiger partial charge in [0.15, 0.2) is 0 Å². The maximum Gasteiger partial charge on any atom is 0.257 e. The van der Waals surface area contributed by atoms with Crippen LogP contribution in [-0.2, 0) is 9.59 Å². The zero-order chi connectivity index (χ0) is 19.9. The topological polar surface area (TPSA) is 123 Å². The molecule has 0 aromatic rings. The van der Waals surface area contributed by atoms with Crippen LogP contribution < -0.4 is 10.6 Å². The predicted octanol–water partition coefficient (Wildman–Crippen LogP) is 1.35. The van der Waals surface area contributed by atoms with Crippen LogP contribution in [0.4, 0.5) is 0 Å². The minimum Gasteiger partial charge on any atom is -0.509 e. The summed E-state index contributed by atoms with van der Waals surface area (Å²) >= 11 is 0. The average Bonchev–Trinajstić information content (AvgIpc) is 2.83. The van der Waals surface area contributed by atoms with Crippen LogP contribution in [0.1, 0.15) is 41.5 Å². The van der Waals surface area contributed by atoms with Gasteiger partial charge < -0.3 is 20.8 Å². The van der Waals surface area contributed by atoms with Crippen molar-refractivity contribution < 1.29 is 19.8 Å². The molecular weight excluding hydrogens is 336 g/mol. The van der Waals surface area contributed by atoms with Crippen molar-refractivity contribution in [3.05, 3.63) is 22.7 Å². The first-order valence-electron chi connectivity index (χ1n) is 8.44. The number of carbonyl (C=O) groups excluding carboxylic acids is 2. The Kier molecular flexibility index (Phi) is 4.98. The Morgan fingerprint density at radius 3 is 1.35 bits per heavy atom. The Bertz CT molecular complexity index is 719. The van der Waals surface area contributed by atoms with Gasteiger partial charge in [-0.2, -0.15) is 0 Å². The van der Waals surface area contributed by atoms with Crippen molar-refractivity contribution in [3.8, 4) is 0 Å². The molecule has 0 atom stereocenters. The van der Waals surface area contributed by atoms with Crippen LogP contribution in [0, 0.1) is 0 Å². The zero-order valence-corrected chi connectivity index (χ0v) is 16.0. The Labute approximate surface area is 152 Å². The van der Waals surface area contributed by atoms with Gasteiger partial charge in [0.1, 0.15) is 11.5 Å². The van der Waals surface area contributed by atoms with Crippen molar-refractivity contribution in [2.24, 2.45) is 9.98 Å². The molecule has 0 aliphatic carbocycles. The van der Waals surface area contributed by atoms with Gasteiger partial charge in [-0.05, 0) is 41.5 Å². The Hall–Kier alpha value is -2.64. The van der Waals surface area contributed by atoms with Gasteiger partial charge in [0.05, 0.1) is 35.3 Å². The minimum absolute atomic E-state index is 0.0247. The molecular formula is C18H26N4O4. The van der Waals surface area contributed by atoms with E-state index in [2.05, 4.69) is 20.6 Å². The van der Waals surface area contributed by atoms with E-state index in [4.69, 9.17) is 0 Å². The van der Waals surface area contributed by atoms with E-state index in [1.54, 1.807) is 41.5 Å². The first kappa shape index (κ1) is 19.7. The van der Waals surface area contributed by atoms with Crippen molar-refractivity contribution in [2.75, 3.05) is 13.1 Å². The average molecular weight is 362 g/mol. The number of aliphatic hydroxyl groups is 2. The van der Waals surface area contributed by atoms with Gasteiger partial charge in [0.2, 0.25) is 0 Å². The molecule has 0 aromatic heterocycles. The molecule has 0 unspecified atom stereocenters. The summed E-state index contributed by atoms with van der Waals surface area (Å²) in [4.78, 5) is 32.5. The highest BCUT2D eigenvalue weighted by Crippen LogP contribution is 2.26. The molecule has 4 N–H and O–H groups in total. The molecule has 8 nitrogen and oxygen atoms in total. The number of nitrogens with zero attached hydrogens (tertiary/aromatic N) is 2. The van der Waals surface area contributed by atoms with Gasteiger partial charge in [-0.25, -0.2) is 0 Å². The van der Waals surface area contributed by atoms with Crippen LogP contribution in [0.5, 0.6) is 0 Å². The maximum absolute atomic E-state index is 12.0. The van der Waals surface area contributed by atoms with Crippen LogP contribution >= 0.6 is 0 Å². The lowest BCUT2D eigenvalue weighted by Crippen LogP contribution is -2.38. The summed E-state index contributed by atoms with van der Waals surface area (Å²) in [5.41, 5.74) is -0.365. The number of hydrogen-bond acceptors (Lipinski definition) is 6. The van der Waals surface area contributed by atoms with Gasteiger partial charge in [-0.1, -0.05) is 0 Å². The molecule has 2 rings (SSSR count). The standard InChI is InChI=1S/C18H26N4O4/c1-9(11-13(23)17(3,4)21-15(11)25)19-7-8-20-10(2)12-14(24)18(5,6)22-16(12)26/h23-24H,7-8H2,1-6H3,(H,21,25)(H,22,26). The number of aliphatic hydroxyl groups excluding tert-OH is 2. The number of nitrogens with one attached hydrogen (secondary N) is 2. The molecule has 142 valence electrons.